The molecule has 0 aliphatic heterocycles. The molecule has 0 radical (unpaired) electrons. The van der Waals surface area contributed by atoms with Crippen LogP contribution >= 0.6 is 0 Å². The highest BCUT2D eigenvalue weighted by Gasteiger charge is 2.26. The van der Waals surface area contributed by atoms with Crippen LogP contribution in [0.15, 0.2) is 18.2 Å². The number of aryl methyl sites for hydroxylation is 1. The fourth-order valence-electron chi connectivity index (χ4n) is 1.38. The van der Waals surface area contributed by atoms with Gasteiger partial charge >= 0.3 is 11.9 Å². The van der Waals surface area contributed by atoms with Crippen LogP contribution in [0.4, 0.5) is 0 Å². The minimum Gasteiger partial charge on any atom is -0.508 e. The average molecular weight is 224 g/mol. The van der Waals surface area contributed by atoms with Crippen LogP contribution in [0.2, 0.25) is 0 Å². The second-order valence-electron chi connectivity index (χ2n) is 3.57. The Morgan fingerprint density at radius 1 is 1.25 bits per heavy atom. The van der Waals surface area contributed by atoms with Gasteiger partial charge in [-0.2, -0.15) is 0 Å². The summed E-state index contributed by atoms with van der Waals surface area (Å²) < 4.78 is 0. The van der Waals surface area contributed by atoms with Crippen molar-refractivity contribution in [3.05, 3.63) is 29.3 Å². The maximum absolute atomic E-state index is 10.7. The lowest BCUT2D eigenvalue weighted by Crippen LogP contribution is -2.25. The molecule has 5 nitrogen and oxygen atoms in total. The Labute approximate surface area is 92.0 Å². The van der Waals surface area contributed by atoms with E-state index in [4.69, 9.17) is 10.2 Å². The van der Waals surface area contributed by atoms with E-state index in [0.717, 1.165) is 5.56 Å². The van der Waals surface area contributed by atoms with E-state index in [1.807, 2.05) is 0 Å². The van der Waals surface area contributed by atoms with Gasteiger partial charge in [-0.15, -0.1) is 0 Å². The molecule has 0 unspecified atom stereocenters. The van der Waals surface area contributed by atoms with E-state index in [2.05, 4.69) is 0 Å². The second kappa shape index (κ2) is 4.65. The Morgan fingerprint density at radius 2 is 1.81 bits per heavy atom. The molecule has 0 amide bonds. The number of phenolic OH excluding ortho intramolecular Hbond substituents is 1. The molecule has 0 spiro atoms. The lowest BCUT2D eigenvalue weighted by Gasteiger charge is -2.09. The number of aromatic hydroxyl groups is 1. The highest BCUT2D eigenvalue weighted by molar-refractivity contribution is 5.93. The fourth-order valence-corrected chi connectivity index (χ4v) is 1.38. The van der Waals surface area contributed by atoms with Gasteiger partial charge in [0.2, 0.25) is 0 Å². The Balaban J connectivity index is 2.97. The Morgan fingerprint density at radius 3 is 2.31 bits per heavy atom. The van der Waals surface area contributed by atoms with Crippen LogP contribution in [0, 0.1) is 12.8 Å². The summed E-state index contributed by atoms with van der Waals surface area (Å²) in [7, 11) is 0. The first kappa shape index (κ1) is 12.0. The molecule has 0 aliphatic rings. The molecular weight excluding hydrogens is 212 g/mol. The third-order valence-electron chi connectivity index (χ3n) is 2.26. The molecular formula is C11H12O5. The maximum atomic E-state index is 10.7. The minimum atomic E-state index is -1.53. The minimum absolute atomic E-state index is 0.0851. The number of carboxylic acid groups (broad SMARTS) is 2. The van der Waals surface area contributed by atoms with Gasteiger partial charge in [-0.25, -0.2) is 0 Å². The Bertz CT molecular complexity index is 410. The molecule has 0 atom stereocenters. The molecule has 0 heterocycles. The van der Waals surface area contributed by atoms with Gasteiger partial charge in [-0.1, -0.05) is 17.7 Å². The summed E-state index contributed by atoms with van der Waals surface area (Å²) in [5.74, 6) is -4.44. The average Bonchev–Trinajstić information content (AvgIpc) is 2.18. The van der Waals surface area contributed by atoms with Crippen molar-refractivity contribution in [2.45, 2.75) is 13.3 Å². The van der Waals surface area contributed by atoms with E-state index in [0.29, 0.717) is 5.56 Å². The first-order chi connectivity index (χ1) is 7.41. The molecule has 86 valence electrons. The molecule has 0 bridgehead atoms. The van der Waals surface area contributed by atoms with Crippen molar-refractivity contribution in [1.29, 1.82) is 0 Å². The third kappa shape index (κ3) is 2.73. The SMILES string of the molecule is Cc1ccc(O)c(CC(C(=O)O)C(=O)O)c1. The van der Waals surface area contributed by atoms with Gasteiger partial charge in [-0.05, 0) is 25.0 Å². The highest BCUT2D eigenvalue weighted by Crippen LogP contribution is 2.21. The van der Waals surface area contributed by atoms with Crippen LogP contribution in [-0.4, -0.2) is 27.3 Å². The number of carbonyl (C=O) groups is 2. The molecule has 3 N–H and O–H groups in total. The van der Waals surface area contributed by atoms with Crippen molar-refractivity contribution < 1.29 is 24.9 Å². The van der Waals surface area contributed by atoms with E-state index >= 15 is 0 Å². The zero-order chi connectivity index (χ0) is 12.3. The molecule has 0 fully saturated rings. The van der Waals surface area contributed by atoms with Crippen molar-refractivity contribution in [3.63, 3.8) is 0 Å². The first-order valence-electron chi connectivity index (χ1n) is 4.66. The van der Waals surface area contributed by atoms with Crippen molar-refractivity contribution in [1.82, 2.24) is 0 Å². The lowest BCUT2D eigenvalue weighted by atomic mass is 9.97. The van der Waals surface area contributed by atoms with Crippen LogP contribution in [0.3, 0.4) is 0 Å². The monoisotopic (exact) mass is 224 g/mol. The van der Waals surface area contributed by atoms with Crippen LogP contribution in [0.25, 0.3) is 0 Å². The van der Waals surface area contributed by atoms with E-state index in [-0.39, 0.29) is 12.2 Å². The van der Waals surface area contributed by atoms with E-state index in [9.17, 15) is 14.7 Å². The van der Waals surface area contributed by atoms with E-state index < -0.39 is 17.9 Å². The smallest absolute Gasteiger partial charge is 0.318 e. The van der Waals surface area contributed by atoms with Gasteiger partial charge in [-0.3, -0.25) is 9.59 Å². The summed E-state index contributed by atoms with van der Waals surface area (Å²) in [5.41, 5.74) is 1.16. The van der Waals surface area contributed by atoms with Crippen LogP contribution < -0.4 is 0 Å². The fraction of sp³-hybridized carbons (Fsp3) is 0.273. The van der Waals surface area contributed by atoms with Gasteiger partial charge < -0.3 is 15.3 Å². The zero-order valence-corrected chi connectivity index (χ0v) is 8.67. The lowest BCUT2D eigenvalue weighted by molar-refractivity contribution is -0.154. The standard InChI is InChI=1S/C11H12O5/c1-6-2-3-9(12)7(4-6)5-8(10(13)14)11(15)16/h2-4,8,12H,5H2,1H3,(H,13,14)(H,15,16). The zero-order valence-electron chi connectivity index (χ0n) is 8.67. The summed E-state index contributed by atoms with van der Waals surface area (Å²) in [5, 5.41) is 26.9. The van der Waals surface area contributed by atoms with Crippen molar-refractivity contribution in [2.24, 2.45) is 5.92 Å². The second-order valence-corrected chi connectivity index (χ2v) is 3.57. The molecule has 0 saturated heterocycles. The van der Waals surface area contributed by atoms with Crippen molar-refractivity contribution in [3.8, 4) is 5.75 Å². The molecule has 1 aromatic carbocycles. The Hall–Kier alpha value is -2.04. The first-order valence-corrected chi connectivity index (χ1v) is 4.66. The number of hydrogen-bond acceptors (Lipinski definition) is 3. The predicted octanol–water partition coefficient (Wildman–Crippen LogP) is 1.03. The largest absolute Gasteiger partial charge is 0.508 e. The van der Waals surface area contributed by atoms with Gasteiger partial charge in [0, 0.05) is 0 Å². The molecule has 16 heavy (non-hydrogen) atoms. The van der Waals surface area contributed by atoms with Crippen LogP contribution in [-0.2, 0) is 16.0 Å². The van der Waals surface area contributed by atoms with Gasteiger partial charge in [0.25, 0.3) is 0 Å². The van der Waals surface area contributed by atoms with Crippen LogP contribution in [0.5, 0.6) is 5.75 Å². The molecule has 5 heteroatoms. The summed E-state index contributed by atoms with van der Waals surface area (Å²) in [4.78, 5) is 21.4. The Kier molecular flexibility index (Phi) is 3.50. The number of carboxylic acids is 2. The molecule has 1 aromatic rings. The number of aliphatic carboxylic acids is 2. The summed E-state index contributed by atoms with van der Waals surface area (Å²) in [6, 6.07) is 4.66. The molecule has 0 aliphatic carbocycles. The number of rotatable bonds is 4. The van der Waals surface area contributed by atoms with Crippen LogP contribution in [0.1, 0.15) is 11.1 Å². The molecule has 0 saturated carbocycles. The van der Waals surface area contributed by atoms with Gasteiger partial charge in [0.05, 0.1) is 0 Å². The quantitative estimate of drug-likeness (QED) is 0.664. The summed E-state index contributed by atoms with van der Waals surface area (Å²) in [6.07, 6.45) is -0.224. The predicted molar refractivity (Wildman–Crippen MR) is 55.3 cm³/mol. The van der Waals surface area contributed by atoms with E-state index in [1.165, 1.54) is 6.07 Å². The third-order valence-corrected chi connectivity index (χ3v) is 2.26. The number of benzene rings is 1. The van der Waals surface area contributed by atoms with Gasteiger partial charge in [0.15, 0.2) is 5.92 Å². The van der Waals surface area contributed by atoms with Crippen molar-refractivity contribution >= 4 is 11.9 Å². The molecule has 1 rings (SSSR count). The number of phenols is 1. The molecule has 0 aromatic heterocycles. The number of hydrogen-bond donors (Lipinski definition) is 3. The summed E-state index contributed by atoms with van der Waals surface area (Å²) >= 11 is 0. The van der Waals surface area contributed by atoms with Crippen molar-refractivity contribution in [2.75, 3.05) is 0 Å². The van der Waals surface area contributed by atoms with E-state index in [1.54, 1.807) is 19.1 Å². The normalized spacial score (nSPS) is 10.4. The van der Waals surface area contributed by atoms with Gasteiger partial charge in [0.1, 0.15) is 5.75 Å². The highest BCUT2D eigenvalue weighted by atomic mass is 16.4. The summed E-state index contributed by atoms with van der Waals surface area (Å²) in [6.45, 7) is 1.78. The topological polar surface area (TPSA) is 94.8 Å². The maximum Gasteiger partial charge on any atom is 0.318 e.